The number of phenolic OH excluding ortho intramolecular Hbond substituents is 4. The fourth-order valence-electron chi connectivity index (χ4n) is 6.27. The molecule has 3 aliphatic heterocycles. The van der Waals surface area contributed by atoms with Crippen LogP contribution in [0.5, 0.6) is 34.5 Å². The van der Waals surface area contributed by atoms with E-state index in [0.29, 0.717) is 0 Å². The quantitative estimate of drug-likeness (QED) is 0.0908. The van der Waals surface area contributed by atoms with Gasteiger partial charge in [0.15, 0.2) is 29.3 Å². The van der Waals surface area contributed by atoms with Crippen molar-refractivity contribution >= 4 is 11.0 Å². The Balaban J connectivity index is 1.36. The van der Waals surface area contributed by atoms with Crippen LogP contribution in [0, 0.1) is 0 Å². The van der Waals surface area contributed by atoms with Crippen molar-refractivity contribution in [1.29, 1.82) is 0 Å². The van der Waals surface area contributed by atoms with Gasteiger partial charge in [-0.25, -0.2) is 0 Å². The van der Waals surface area contributed by atoms with Crippen LogP contribution in [0.25, 0.3) is 22.3 Å². The highest BCUT2D eigenvalue weighted by atomic mass is 16.7. The van der Waals surface area contributed by atoms with Gasteiger partial charge >= 0.3 is 0 Å². The first-order valence-corrected chi connectivity index (χ1v) is 16.7. The molecule has 6 rings (SSSR count). The van der Waals surface area contributed by atoms with E-state index in [9.17, 15) is 76.3 Å². The topological polar surface area (TPSA) is 369 Å². The second-order valence-electron chi connectivity index (χ2n) is 13.2. The number of aliphatic hydroxyl groups excluding tert-OH is 10. The van der Waals surface area contributed by atoms with E-state index in [1.807, 2.05) is 0 Å². The molecular formula is C33H40O22. The lowest BCUT2D eigenvalue weighted by Crippen LogP contribution is -2.61. The Morgan fingerprint density at radius 3 is 1.78 bits per heavy atom. The van der Waals surface area contributed by atoms with E-state index in [4.69, 9.17) is 32.8 Å². The van der Waals surface area contributed by atoms with Crippen molar-refractivity contribution in [2.24, 2.45) is 0 Å². The lowest BCUT2D eigenvalue weighted by atomic mass is 9.98. The van der Waals surface area contributed by atoms with Crippen molar-refractivity contribution in [2.75, 3.05) is 13.2 Å². The normalized spacial score (nSPS) is 36.8. The summed E-state index contributed by atoms with van der Waals surface area (Å²) in [5, 5.41) is 144. The van der Waals surface area contributed by atoms with Crippen molar-refractivity contribution in [1.82, 2.24) is 0 Å². The van der Waals surface area contributed by atoms with Crippen LogP contribution in [0.2, 0.25) is 0 Å². The summed E-state index contributed by atoms with van der Waals surface area (Å²) < 4.78 is 38.9. The summed E-state index contributed by atoms with van der Waals surface area (Å²) in [5.41, 5.74) is -2.05. The van der Waals surface area contributed by atoms with Gasteiger partial charge in [-0.1, -0.05) is 0 Å². The molecule has 14 N–H and O–H groups in total. The zero-order valence-corrected chi connectivity index (χ0v) is 28.4. The average molecular weight is 789 g/mol. The summed E-state index contributed by atoms with van der Waals surface area (Å²) in [5.74, 6) is -5.53. The number of hydrogen-bond acceptors (Lipinski definition) is 22. The third-order valence-electron chi connectivity index (χ3n) is 9.47. The molecule has 15 atom stereocenters. The minimum Gasteiger partial charge on any atom is -0.507 e. The highest BCUT2D eigenvalue weighted by molar-refractivity contribution is 5.88. The van der Waals surface area contributed by atoms with E-state index in [-0.39, 0.29) is 11.3 Å². The number of phenols is 4. The van der Waals surface area contributed by atoms with Crippen molar-refractivity contribution in [3.05, 3.63) is 34.5 Å². The average Bonchev–Trinajstić information content (AvgIpc) is 3.15. The van der Waals surface area contributed by atoms with Gasteiger partial charge in [0.2, 0.25) is 23.8 Å². The van der Waals surface area contributed by atoms with Crippen molar-refractivity contribution in [3.63, 3.8) is 0 Å². The van der Waals surface area contributed by atoms with Crippen LogP contribution in [0.3, 0.4) is 0 Å². The number of rotatable bonds is 9. The summed E-state index contributed by atoms with van der Waals surface area (Å²) in [6.45, 7) is -0.0894. The third kappa shape index (κ3) is 7.58. The molecule has 1 aromatic heterocycles. The first-order valence-electron chi connectivity index (χ1n) is 16.7. The lowest BCUT2D eigenvalue weighted by molar-refractivity contribution is -0.318. The van der Waals surface area contributed by atoms with Crippen LogP contribution in [-0.2, 0) is 18.9 Å². The molecule has 22 nitrogen and oxygen atoms in total. The summed E-state index contributed by atoms with van der Waals surface area (Å²) in [7, 11) is 0. The molecule has 0 spiro atoms. The standard InChI is InChI=1S/C33H40O22/c1-8-18(38)23(43)26(46)31(50-8)49-7-16-21(41)25(45)28(48)33(54-16)55-30-22(42)17-11(35)4-10(51-32-27(47)24(44)20(40)15(6-34)53-32)5-14(17)52-29(30)9-2-12(36)19(39)13(37)3-9/h2-5,8,15-16,18,20-21,23-28,31-41,43-48H,6-7H2,1H3. The van der Waals surface area contributed by atoms with Gasteiger partial charge in [0, 0.05) is 17.7 Å². The van der Waals surface area contributed by atoms with Crippen LogP contribution in [-0.4, -0.2) is 177 Å². The second kappa shape index (κ2) is 15.8. The van der Waals surface area contributed by atoms with E-state index in [1.165, 1.54) is 6.92 Å². The molecule has 0 amide bonds. The Labute approximate surface area is 307 Å². The highest BCUT2D eigenvalue weighted by Gasteiger charge is 2.48. The zero-order chi connectivity index (χ0) is 40.2. The number of aliphatic hydroxyl groups is 10. The Kier molecular flexibility index (Phi) is 11.6. The van der Waals surface area contributed by atoms with Crippen LogP contribution < -0.4 is 14.9 Å². The Morgan fingerprint density at radius 2 is 1.16 bits per heavy atom. The number of fused-ring (bicyclic) bond motifs is 1. The molecule has 0 bridgehead atoms. The number of aromatic hydroxyl groups is 4. The van der Waals surface area contributed by atoms with Gasteiger partial charge in [-0.05, 0) is 19.1 Å². The number of ether oxygens (including phenoxy) is 6. The lowest BCUT2D eigenvalue weighted by Gasteiger charge is -2.42. The van der Waals surface area contributed by atoms with Gasteiger partial charge in [-0.15, -0.1) is 0 Å². The maximum Gasteiger partial charge on any atom is 0.239 e. The summed E-state index contributed by atoms with van der Waals surface area (Å²) in [6.07, 6.45) is -25.6. The smallest absolute Gasteiger partial charge is 0.239 e. The Bertz CT molecular complexity index is 1880. The van der Waals surface area contributed by atoms with Gasteiger partial charge in [0.25, 0.3) is 0 Å². The summed E-state index contributed by atoms with van der Waals surface area (Å²) in [4.78, 5) is 14.1. The highest BCUT2D eigenvalue weighted by Crippen LogP contribution is 2.43. The Morgan fingerprint density at radius 1 is 0.618 bits per heavy atom. The molecule has 55 heavy (non-hydrogen) atoms. The molecule has 3 fully saturated rings. The van der Waals surface area contributed by atoms with Crippen LogP contribution >= 0.6 is 0 Å². The minimum atomic E-state index is -2.10. The van der Waals surface area contributed by atoms with Gasteiger partial charge in [-0.3, -0.25) is 4.79 Å². The van der Waals surface area contributed by atoms with Crippen LogP contribution in [0.4, 0.5) is 0 Å². The summed E-state index contributed by atoms with van der Waals surface area (Å²) >= 11 is 0. The first kappa shape index (κ1) is 40.6. The van der Waals surface area contributed by atoms with Crippen LogP contribution in [0.15, 0.2) is 33.5 Å². The first-order chi connectivity index (χ1) is 25.9. The van der Waals surface area contributed by atoms with Crippen molar-refractivity contribution < 1.29 is 104 Å². The zero-order valence-electron chi connectivity index (χ0n) is 28.4. The molecule has 0 saturated carbocycles. The number of benzene rings is 2. The summed E-state index contributed by atoms with van der Waals surface area (Å²) in [6, 6.07) is 3.52. The van der Waals surface area contributed by atoms with Crippen LogP contribution in [0.1, 0.15) is 6.92 Å². The van der Waals surface area contributed by atoms with Crippen molar-refractivity contribution in [3.8, 4) is 45.8 Å². The third-order valence-corrected chi connectivity index (χ3v) is 9.47. The molecule has 3 aliphatic rings. The maximum atomic E-state index is 14.1. The second-order valence-corrected chi connectivity index (χ2v) is 13.2. The van der Waals surface area contributed by atoms with Gasteiger partial charge in [0.05, 0.1) is 19.3 Å². The largest absolute Gasteiger partial charge is 0.507 e. The molecular weight excluding hydrogens is 748 g/mol. The molecule has 15 unspecified atom stereocenters. The maximum absolute atomic E-state index is 14.1. The van der Waals surface area contributed by atoms with Gasteiger partial charge < -0.3 is 104 Å². The molecule has 0 aliphatic carbocycles. The monoisotopic (exact) mass is 788 g/mol. The predicted octanol–water partition coefficient (Wildman–Crippen LogP) is -4.51. The van der Waals surface area contributed by atoms with E-state index in [1.54, 1.807) is 0 Å². The molecule has 304 valence electrons. The molecule has 0 radical (unpaired) electrons. The SMILES string of the molecule is CC1OC(OCC2OC(Oc3c(-c4cc(O)c(O)c(O)c4)oc4cc(OC5OC(CO)C(O)C(O)C5O)cc(O)c4c3=O)C(O)C(O)C2O)C(O)C(O)C1O. The van der Waals surface area contributed by atoms with E-state index in [0.717, 1.165) is 24.3 Å². The van der Waals surface area contributed by atoms with E-state index >= 15 is 0 Å². The number of hydrogen-bond donors (Lipinski definition) is 14. The molecule has 2 aromatic carbocycles. The van der Waals surface area contributed by atoms with E-state index < -0.39 is 156 Å². The van der Waals surface area contributed by atoms with E-state index in [2.05, 4.69) is 0 Å². The fraction of sp³-hybridized carbons (Fsp3) is 0.545. The van der Waals surface area contributed by atoms with Gasteiger partial charge in [-0.2, -0.15) is 0 Å². The fourth-order valence-corrected chi connectivity index (χ4v) is 6.27. The van der Waals surface area contributed by atoms with Crippen molar-refractivity contribution in [2.45, 2.75) is 99.0 Å². The molecule has 22 heteroatoms. The van der Waals surface area contributed by atoms with Gasteiger partial charge in [0.1, 0.15) is 89.6 Å². The molecule has 4 heterocycles. The Hall–Kier alpha value is -4.11. The minimum absolute atomic E-state index is 0.356. The molecule has 3 saturated heterocycles. The molecule has 3 aromatic rings. The predicted molar refractivity (Wildman–Crippen MR) is 175 cm³/mol.